The number of halogens is 2. The van der Waals surface area contributed by atoms with Crippen LogP contribution in [0.25, 0.3) is 11.1 Å². The minimum Gasteiger partial charge on any atom is -0.483 e. The number of ether oxygens (including phenoxy) is 2. The lowest BCUT2D eigenvalue weighted by Crippen LogP contribution is -2.38. The fourth-order valence-corrected chi connectivity index (χ4v) is 3.88. The second-order valence-corrected chi connectivity index (χ2v) is 7.42. The molecular weight excluding hydrogens is 438 g/mol. The Morgan fingerprint density at radius 3 is 2.33 bits per heavy atom. The number of likely N-dealkylation sites (tertiary alicyclic amines) is 1. The third-order valence-electron chi connectivity index (χ3n) is 5.23. The second kappa shape index (κ2) is 12.0. The molecule has 0 saturated carbocycles. The van der Waals surface area contributed by atoms with Crippen LogP contribution in [0, 0.1) is 11.6 Å². The molecule has 33 heavy (non-hydrogen) atoms. The van der Waals surface area contributed by atoms with E-state index in [0.29, 0.717) is 31.7 Å². The average Bonchev–Trinajstić information content (AvgIpc) is 3.37. The zero-order valence-corrected chi connectivity index (χ0v) is 18.1. The van der Waals surface area contributed by atoms with Gasteiger partial charge in [-0.3, -0.25) is 14.4 Å². The van der Waals surface area contributed by atoms with E-state index >= 15 is 0 Å². The minimum absolute atomic E-state index is 0.00293. The molecule has 178 valence electrons. The van der Waals surface area contributed by atoms with Gasteiger partial charge >= 0.3 is 0 Å². The lowest BCUT2D eigenvalue weighted by molar-refractivity contribution is -0.152. The molecule has 3 N–H and O–H groups in total. The predicted octanol–water partition coefficient (Wildman–Crippen LogP) is 2.34. The van der Waals surface area contributed by atoms with Crippen LogP contribution in [-0.4, -0.2) is 60.4 Å². The van der Waals surface area contributed by atoms with E-state index in [1.807, 2.05) is 6.92 Å². The first-order chi connectivity index (χ1) is 15.8. The molecule has 0 aliphatic carbocycles. The van der Waals surface area contributed by atoms with E-state index < -0.39 is 17.4 Å². The molecule has 2 amide bonds. The Hall–Kier alpha value is -3.37. The summed E-state index contributed by atoms with van der Waals surface area (Å²) < 4.78 is 38.7. The van der Waals surface area contributed by atoms with Crippen molar-refractivity contribution in [3.05, 3.63) is 59.7 Å². The van der Waals surface area contributed by atoms with E-state index in [2.05, 4.69) is 5.73 Å². The van der Waals surface area contributed by atoms with Gasteiger partial charge in [-0.25, -0.2) is 8.78 Å². The molecule has 2 aromatic carbocycles. The number of nitrogens with zero attached hydrogens (tertiary/aromatic N) is 1. The van der Waals surface area contributed by atoms with Crippen molar-refractivity contribution < 1.29 is 37.7 Å². The van der Waals surface area contributed by atoms with Crippen molar-refractivity contribution in [3.8, 4) is 11.1 Å². The molecule has 4 rings (SSSR count). The van der Waals surface area contributed by atoms with Crippen molar-refractivity contribution in [2.75, 3.05) is 19.8 Å². The number of benzene rings is 2. The van der Waals surface area contributed by atoms with Gasteiger partial charge < -0.3 is 25.2 Å². The molecule has 2 aliphatic heterocycles. The summed E-state index contributed by atoms with van der Waals surface area (Å²) in [4.78, 5) is 31.5. The van der Waals surface area contributed by atoms with Gasteiger partial charge in [-0.2, -0.15) is 0 Å². The third kappa shape index (κ3) is 6.80. The summed E-state index contributed by atoms with van der Waals surface area (Å²) in [5.41, 5.74) is 5.77. The molecule has 8 nitrogen and oxygen atoms in total. The number of carboxylic acid groups (broad SMARTS) is 1. The molecule has 10 heteroatoms. The summed E-state index contributed by atoms with van der Waals surface area (Å²) in [5, 5.41) is 6.89. The van der Waals surface area contributed by atoms with Crippen LogP contribution in [0.5, 0.6) is 0 Å². The van der Waals surface area contributed by atoms with E-state index in [4.69, 9.17) is 24.2 Å². The largest absolute Gasteiger partial charge is 0.483 e. The van der Waals surface area contributed by atoms with Gasteiger partial charge in [0.2, 0.25) is 12.3 Å². The smallest absolute Gasteiger partial charge is 0.290 e. The molecule has 2 heterocycles. The van der Waals surface area contributed by atoms with Crippen LogP contribution in [0.15, 0.2) is 42.5 Å². The number of carbonyl (C=O) groups is 3. The van der Waals surface area contributed by atoms with E-state index in [9.17, 15) is 13.6 Å². The average molecular weight is 464 g/mol. The van der Waals surface area contributed by atoms with Gasteiger partial charge in [-0.1, -0.05) is 24.3 Å². The zero-order chi connectivity index (χ0) is 24.4. The zero-order valence-electron chi connectivity index (χ0n) is 18.1. The molecule has 2 aliphatic rings. The first kappa shape index (κ1) is 25.9. The maximum Gasteiger partial charge on any atom is 0.290 e. The van der Waals surface area contributed by atoms with Gasteiger partial charge in [0.05, 0.1) is 26.2 Å². The summed E-state index contributed by atoms with van der Waals surface area (Å²) in [6.07, 6.45) is 1.17. The highest BCUT2D eigenvalue weighted by Gasteiger charge is 2.48. The monoisotopic (exact) mass is 464 g/mol. The molecule has 2 aromatic rings. The van der Waals surface area contributed by atoms with Crippen LogP contribution in [0.2, 0.25) is 0 Å². The second-order valence-electron chi connectivity index (χ2n) is 7.42. The lowest BCUT2D eigenvalue weighted by Gasteiger charge is -2.23. The normalized spacial score (nSPS) is 18.0. The maximum absolute atomic E-state index is 13.9. The fourth-order valence-electron chi connectivity index (χ4n) is 3.88. The molecule has 2 fully saturated rings. The highest BCUT2D eigenvalue weighted by Crippen LogP contribution is 2.34. The summed E-state index contributed by atoms with van der Waals surface area (Å²) in [5.74, 6) is -1.61. The predicted molar refractivity (Wildman–Crippen MR) is 115 cm³/mol. The van der Waals surface area contributed by atoms with Crippen LogP contribution in [0.3, 0.4) is 0 Å². The Morgan fingerprint density at radius 2 is 1.76 bits per heavy atom. The van der Waals surface area contributed by atoms with Crippen molar-refractivity contribution in [1.82, 2.24) is 4.90 Å². The van der Waals surface area contributed by atoms with Gasteiger partial charge in [-0.15, -0.1) is 0 Å². The summed E-state index contributed by atoms with van der Waals surface area (Å²) in [6, 6.07) is 10.4. The molecular formula is C23H26F2N2O6. The summed E-state index contributed by atoms with van der Waals surface area (Å²) in [6.45, 7) is 3.31. The van der Waals surface area contributed by atoms with Crippen molar-refractivity contribution >= 4 is 18.8 Å². The number of rotatable bonds is 3. The van der Waals surface area contributed by atoms with Crippen LogP contribution in [0.1, 0.15) is 18.9 Å². The number of amides is 2. The van der Waals surface area contributed by atoms with E-state index in [-0.39, 0.29) is 36.8 Å². The molecule has 1 atom stereocenters. The van der Waals surface area contributed by atoms with Crippen molar-refractivity contribution in [2.45, 2.75) is 31.6 Å². The first-order valence-electron chi connectivity index (χ1n) is 10.1. The Morgan fingerprint density at radius 1 is 1.18 bits per heavy atom. The van der Waals surface area contributed by atoms with Crippen LogP contribution in [-0.2, 0) is 30.3 Å². The molecule has 1 unspecified atom stereocenters. The van der Waals surface area contributed by atoms with Gasteiger partial charge in [0, 0.05) is 18.0 Å². The molecule has 2 saturated heterocycles. The number of carbonyl (C=O) groups excluding carboxylic acids is 2. The SMILES string of the molecule is CC1CC2(CN1C(=O)Cc1ccc(-c3cc(F)ccc3F)cc1)OCCO2.NC=O.O=CO. The Kier molecular flexibility index (Phi) is 9.43. The first-order valence-corrected chi connectivity index (χ1v) is 10.1. The lowest BCUT2D eigenvalue weighted by atomic mass is 10.0. The highest BCUT2D eigenvalue weighted by atomic mass is 19.1. The van der Waals surface area contributed by atoms with Crippen LogP contribution in [0.4, 0.5) is 8.78 Å². The van der Waals surface area contributed by atoms with Crippen molar-refractivity contribution in [3.63, 3.8) is 0 Å². The fraction of sp³-hybridized carbons (Fsp3) is 0.348. The Bertz CT molecular complexity index is 942. The number of hydrogen-bond acceptors (Lipinski definition) is 5. The highest BCUT2D eigenvalue weighted by molar-refractivity contribution is 5.80. The Balaban J connectivity index is 0.000000582. The van der Waals surface area contributed by atoms with Crippen LogP contribution >= 0.6 is 0 Å². The quantitative estimate of drug-likeness (QED) is 0.673. The number of hydrogen-bond donors (Lipinski definition) is 2. The van der Waals surface area contributed by atoms with E-state index in [1.54, 1.807) is 29.2 Å². The third-order valence-corrected chi connectivity index (χ3v) is 5.23. The molecule has 1 spiro atoms. The topological polar surface area (TPSA) is 119 Å². The van der Waals surface area contributed by atoms with Crippen molar-refractivity contribution in [1.29, 1.82) is 0 Å². The van der Waals surface area contributed by atoms with Gasteiger partial charge in [-0.05, 0) is 36.2 Å². The summed E-state index contributed by atoms with van der Waals surface area (Å²) >= 11 is 0. The maximum atomic E-state index is 13.9. The minimum atomic E-state index is -0.645. The van der Waals surface area contributed by atoms with Gasteiger partial charge in [0.25, 0.3) is 6.47 Å². The Labute approximate surface area is 189 Å². The molecule has 0 radical (unpaired) electrons. The molecule has 0 bridgehead atoms. The van der Waals surface area contributed by atoms with Gasteiger partial charge in [0.15, 0.2) is 5.79 Å². The van der Waals surface area contributed by atoms with E-state index in [0.717, 1.165) is 17.7 Å². The van der Waals surface area contributed by atoms with Crippen LogP contribution < -0.4 is 5.73 Å². The van der Waals surface area contributed by atoms with Gasteiger partial charge in [0.1, 0.15) is 11.6 Å². The number of nitrogens with two attached hydrogens (primary N) is 1. The summed E-state index contributed by atoms with van der Waals surface area (Å²) in [7, 11) is 0. The standard InChI is InChI=1S/C21H21F2NO3.CH3NO.CH2O2/c1-14-12-21(26-8-9-27-21)13-24(14)20(25)10-15-2-4-16(5-3-15)18-11-17(22)6-7-19(18)23;2*2-1-3/h2-7,11,14H,8-10,12-13H2,1H3;1H,(H2,2,3);1H,(H,2,3). The number of primary amides is 1. The van der Waals surface area contributed by atoms with Crippen molar-refractivity contribution in [2.24, 2.45) is 5.73 Å². The molecule has 0 aromatic heterocycles. The van der Waals surface area contributed by atoms with E-state index in [1.165, 1.54) is 6.07 Å².